The Bertz CT molecular complexity index is 519. The fraction of sp³-hybridized carbons (Fsp3) is 0.632. The first-order valence-corrected chi connectivity index (χ1v) is 8.76. The van der Waals surface area contributed by atoms with Crippen LogP contribution in [0.1, 0.15) is 36.8 Å². The first kappa shape index (κ1) is 16.5. The van der Waals surface area contributed by atoms with Crippen LogP contribution in [-0.2, 0) is 20.8 Å². The Labute approximate surface area is 138 Å². The lowest BCUT2D eigenvalue weighted by Gasteiger charge is -2.31. The number of hydrogen-bond donors (Lipinski definition) is 0. The number of benzene rings is 1. The number of rotatable bonds is 5. The van der Waals surface area contributed by atoms with Gasteiger partial charge in [0.25, 0.3) is 0 Å². The van der Waals surface area contributed by atoms with E-state index in [2.05, 4.69) is 31.2 Å². The Morgan fingerprint density at radius 2 is 2.04 bits per heavy atom. The summed E-state index contributed by atoms with van der Waals surface area (Å²) >= 11 is 0. The molecule has 0 aromatic heterocycles. The highest BCUT2D eigenvalue weighted by molar-refractivity contribution is 5.79. The van der Waals surface area contributed by atoms with E-state index in [4.69, 9.17) is 9.47 Å². The minimum atomic E-state index is 0.106. The minimum Gasteiger partial charge on any atom is -0.381 e. The third kappa shape index (κ3) is 4.55. The fourth-order valence-electron chi connectivity index (χ4n) is 3.50. The van der Waals surface area contributed by atoms with Crippen molar-refractivity contribution in [3.8, 4) is 0 Å². The molecule has 1 aromatic carbocycles. The summed E-state index contributed by atoms with van der Waals surface area (Å²) in [5.74, 6) is 0.375. The van der Waals surface area contributed by atoms with E-state index < -0.39 is 0 Å². The van der Waals surface area contributed by atoms with Crippen LogP contribution in [0.5, 0.6) is 0 Å². The van der Waals surface area contributed by atoms with Crippen LogP contribution in [0.25, 0.3) is 0 Å². The monoisotopic (exact) mass is 317 g/mol. The standard InChI is InChI=1S/C19H27NO3/c1-15-4-2-5-16(12-15)13-20(14-18-6-3-9-23-18)19(21)17-7-10-22-11-8-17/h2,4-5,12,17-18H,3,6-11,13-14H2,1H3/t18-/m1/s1. The molecule has 1 atom stereocenters. The van der Waals surface area contributed by atoms with Gasteiger partial charge in [0.05, 0.1) is 6.10 Å². The maximum Gasteiger partial charge on any atom is 0.226 e. The molecule has 2 heterocycles. The van der Waals surface area contributed by atoms with Gasteiger partial charge in [0.2, 0.25) is 5.91 Å². The molecule has 126 valence electrons. The Morgan fingerprint density at radius 1 is 1.22 bits per heavy atom. The van der Waals surface area contributed by atoms with Crippen LogP contribution in [-0.4, -0.2) is 43.3 Å². The molecule has 0 saturated carbocycles. The van der Waals surface area contributed by atoms with E-state index in [-0.39, 0.29) is 17.9 Å². The molecular weight excluding hydrogens is 290 g/mol. The number of carbonyl (C=O) groups is 1. The molecule has 4 nitrogen and oxygen atoms in total. The van der Waals surface area contributed by atoms with Gasteiger partial charge >= 0.3 is 0 Å². The van der Waals surface area contributed by atoms with Gasteiger partial charge in [-0.25, -0.2) is 0 Å². The minimum absolute atomic E-state index is 0.106. The number of carbonyl (C=O) groups excluding carboxylic acids is 1. The second-order valence-corrected chi connectivity index (χ2v) is 6.73. The zero-order valence-corrected chi connectivity index (χ0v) is 14.0. The molecule has 0 unspecified atom stereocenters. The second kappa shape index (κ2) is 7.93. The molecule has 0 radical (unpaired) electrons. The quantitative estimate of drug-likeness (QED) is 0.838. The molecule has 1 aromatic rings. The summed E-state index contributed by atoms with van der Waals surface area (Å²) in [7, 11) is 0. The topological polar surface area (TPSA) is 38.8 Å². The summed E-state index contributed by atoms with van der Waals surface area (Å²) in [6.07, 6.45) is 4.05. The van der Waals surface area contributed by atoms with Crippen LogP contribution in [0, 0.1) is 12.8 Å². The van der Waals surface area contributed by atoms with E-state index in [0.717, 1.165) is 32.3 Å². The Balaban J connectivity index is 1.70. The Morgan fingerprint density at radius 3 is 2.74 bits per heavy atom. The fourth-order valence-corrected chi connectivity index (χ4v) is 3.50. The lowest BCUT2D eigenvalue weighted by Crippen LogP contribution is -2.42. The van der Waals surface area contributed by atoms with Crippen molar-refractivity contribution in [1.82, 2.24) is 4.90 Å². The summed E-state index contributed by atoms with van der Waals surface area (Å²) in [4.78, 5) is 15.0. The molecule has 0 spiro atoms. The first-order valence-electron chi connectivity index (χ1n) is 8.76. The Hall–Kier alpha value is -1.39. The van der Waals surface area contributed by atoms with E-state index in [0.29, 0.717) is 26.3 Å². The van der Waals surface area contributed by atoms with Gasteiger partial charge in [-0.05, 0) is 38.2 Å². The summed E-state index contributed by atoms with van der Waals surface area (Å²) in [6.45, 7) is 5.72. The van der Waals surface area contributed by atoms with E-state index >= 15 is 0 Å². The van der Waals surface area contributed by atoms with Crippen LogP contribution >= 0.6 is 0 Å². The van der Waals surface area contributed by atoms with Gasteiger partial charge in [-0.3, -0.25) is 4.79 Å². The third-order valence-electron chi connectivity index (χ3n) is 4.79. The molecule has 2 saturated heterocycles. The molecular formula is C19H27NO3. The van der Waals surface area contributed by atoms with E-state index in [1.807, 2.05) is 4.90 Å². The highest BCUT2D eigenvalue weighted by Gasteiger charge is 2.29. The van der Waals surface area contributed by atoms with Crippen molar-refractivity contribution in [2.24, 2.45) is 5.92 Å². The van der Waals surface area contributed by atoms with Crippen molar-refractivity contribution in [3.05, 3.63) is 35.4 Å². The van der Waals surface area contributed by atoms with Gasteiger partial charge in [0.1, 0.15) is 0 Å². The molecule has 0 bridgehead atoms. The molecule has 2 aliphatic rings. The van der Waals surface area contributed by atoms with Crippen molar-refractivity contribution in [1.29, 1.82) is 0 Å². The summed E-state index contributed by atoms with van der Waals surface area (Å²) in [6, 6.07) is 8.43. The van der Waals surface area contributed by atoms with Crippen molar-refractivity contribution in [3.63, 3.8) is 0 Å². The number of hydrogen-bond acceptors (Lipinski definition) is 3. The van der Waals surface area contributed by atoms with Gasteiger partial charge in [0.15, 0.2) is 0 Å². The lowest BCUT2D eigenvalue weighted by atomic mass is 9.98. The predicted octanol–water partition coefficient (Wildman–Crippen LogP) is 2.93. The molecule has 3 rings (SSSR count). The molecule has 23 heavy (non-hydrogen) atoms. The SMILES string of the molecule is Cc1cccc(CN(C[C@H]2CCCO2)C(=O)C2CCOCC2)c1. The van der Waals surface area contributed by atoms with Crippen molar-refractivity contribution >= 4 is 5.91 Å². The zero-order valence-electron chi connectivity index (χ0n) is 14.0. The van der Waals surface area contributed by atoms with Crippen molar-refractivity contribution in [2.45, 2.75) is 45.3 Å². The second-order valence-electron chi connectivity index (χ2n) is 6.73. The molecule has 0 N–H and O–H groups in total. The summed E-state index contributed by atoms with van der Waals surface area (Å²) in [5.41, 5.74) is 2.43. The number of aryl methyl sites for hydroxylation is 1. The van der Waals surface area contributed by atoms with Crippen LogP contribution in [0.15, 0.2) is 24.3 Å². The number of amides is 1. The number of ether oxygens (including phenoxy) is 2. The maximum absolute atomic E-state index is 13.0. The van der Waals surface area contributed by atoms with Gasteiger partial charge < -0.3 is 14.4 Å². The van der Waals surface area contributed by atoms with Gasteiger partial charge in [-0.15, -0.1) is 0 Å². The largest absolute Gasteiger partial charge is 0.381 e. The van der Waals surface area contributed by atoms with Crippen LogP contribution in [0.4, 0.5) is 0 Å². The summed E-state index contributed by atoms with van der Waals surface area (Å²) < 4.78 is 11.2. The molecule has 2 fully saturated rings. The van der Waals surface area contributed by atoms with E-state index in [1.54, 1.807) is 0 Å². The molecule has 0 aliphatic carbocycles. The van der Waals surface area contributed by atoms with Crippen LogP contribution < -0.4 is 0 Å². The average Bonchev–Trinajstić information content (AvgIpc) is 3.07. The van der Waals surface area contributed by atoms with Gasteiger partial charge in [0, 0.05) is 38.8 Å². The smallest absolute Gasteiger partial charge is 0.226 e. The molecule has 2 aliphatic heterocycles. The van der Waals surface area contributed by atoms with E-state index in [9.17, 15) is 4.79 Å². The normalized spacial score (nSPS) is 22.2. The zero-order chi connectivity index (χ0) is 16.1. The highest BCUT2D eigenvalue weighted by Crippen LogP contribution is 2.22. The maximum atomic E-state index is 13.0. The lowest BCUT2D eigenvalue weighted by molar-refractivity contribution is -0.140. The highest BCUT2D eigenvalue weighted by atomic mass is 16.5. The van der Waals surface area contributed by atoms with Gasteiger partial charge in [-0.2, -0.15) is 0 Å². The number of nitrogens with zero attached hydrogens (tertiary/aromatic N) is 1. The first-order chi connectivity index (χ1) is 11.2. The molecule has 4 heteroatoms. The average molecular weight is 317 g/mol. The van der Waals surface area contributed by atoms with E-state index in [1.165, 1.54) is 11.1 Å². The third-order valence-corrected chi connectivity index (χ3v) is 4.79. The molecule has 1 amide bonds. The van der Waals surface area contributed by atoms with Gasteiger partial charge in [-0.1, -0.05) is 29.8 Å². The van der Waals surface area contributed by atoms with Crippen molar-refractivity contribution in [2.75, 3.05) is 26.4 Å². The van der Waals surface area contributed by atoms with Crippen molar-refractivity contribution < 1.29 is 14.3 Å². The van der Waals surface area contributed by atoms with Crippen LogP contribution in [0.3, 0.4) is 0 Å². The summed E-state index contributed by atoms with van der Waals surface area (Å²) in [5, 5.41) is 0. The van der Waals surface area contributed by atoms with Crippen LogP contribution in [0.2, 0.25) is 0 Å². The Kier molecular flexibility index (Phi) is 5.68. The predicted molar refractivity (Wildman–Crippen MR) is 89.1 cm³/mol.